The van der Waals surface area contributed by atoms with Crippen LogP contribution in [0.15, 0.2) is 83.8 Å². The fraction of sp³-hybridized carbons (Fsp3) is 0.0870. The molecule has 1 N–H and O–H groups in total. The van der Waals surface area contributed by atoms with Crippen LogP contribution in [-0.4, -0.2) is 31.1 Å². The zero-order chi connectivity index (χ0) is 25.9. The van der Waals surface area contributed by atoms with Gasteiger partial charge < -0.3 is 0 Å². The number of sulfonamides is 1. The molecular weight excluding hydrogens is 537 g/mol. The topological polar surface area (TPSA) is 92.3 Å². The van der Waals surface area contributed by atoms with Crippen LogP contribution in [0, 0.1) is 0 Å². The Balaban J connectivity index is 1.66. The SMILES string of the molecule is O=C(CN(c1ccc(Cl)c(C(F)(F)F)c1)S(=O)(=O)c1ccccc1)Nc1nnc(-c2ccccc2)s1. The van der Waals surface area contributed by atoms with Crippen molar-refractivity contribution >= 4 is 49.7 Å². The lowest BCUT2D eigenvalue weighted by molar-refractivity contribution is -0.137. The summed E-state index contributed by atoms with van der Waals surface area (Å²) in [6, 6.07) is 18.7. The Morgan fingerprint density at radius 2 is 1.61 bits per heavy atom. The highest BCUT2D eigenvalue weighted by molar-refractivity contribution is 7.92. The minimum absolute atomic E-state index is 0.1000. The summed E-state index contributed by atoms with van der Waals surface area (Å²) in [4.78, 5) is 12.6. The summed E-state index contributed by atoms with van der Waals surface area (Å²) >= 11 is 6.76. The van der Waals surface area contributed by atoms with E-state index >= 15 is 0 Å². The van der Waals surface area contributed by atoms with Crippen LogP contribution in [0.1, 0.15) is 5.56 Å². The lowest BCUT2D eigenvalue weighted by atomic mass is 10.2. The number of halogens is 4. The fourth-order valence-corrected chi connectivity index (χ4v) is 5.60. The van der Waals surface area contributed by atoms with Crippen LogP contribution in [0.5, 0.6) is 0 Å². The van der Waals surface area contributed by atoms with Crippen LogP contribution in [0.3, 0.4) is 0 Å². The van der Waals surface area contributed by atoms with Crippen molar-refractivity contribution in [2.45, 2.75) is 11.1 Å². The largest absolute Gasteiger partial charge is 0.417 e. The monoisotopic (exact) mass is 552 g/mol. The second kappa shape index (κ2) is 10.2. The molecule has 7 nitrogen and oxygen atoms in total. The summed E-state index contributed by atoms with van der Waals surface area (Å²) in [7, 11) is -4.42. The van der Waals surface area contributed by atoms with E-state index in [1.165, 1.54) is 24.3 Å². The van der Waals surface area contributed by atoms with Crippen molar-refractivity contribution in [3.8, 4) is 10.6 Å². The lowest BCUT2D eigenvalue weighted by Crippen LogP contribution is -2.38. The summed E-state index contributed by atoms with van der Waals surface area (Å²) in [5.41, 5.74) is -0.843. The molecule has 0 unspecified atom stereocenters. The van der Waals surface area contributed by atoms with E-state index < -0.39 is 39.2 Å². The minimum atomic E-state index is -4.84. The number of hydrogen-bond acceptors (Lipinski definition) is 6. The first-order valence-electron chi connectivity index (χ1n) is 10.2. The predicted molar refractivity (Wildman–Crippen MR) is 131 cm³/mol. The minimum Gasteiger partial charge on any atom is -0.299 e. The van der Waals surface area contributed by atoms with Gasteiger partial charge in [0, 0.05) is 5.56 Å². The Bertz CT molecular complexity index is 1480. The molecule has 0 saturated heterocycles. The molecule has 36 heavy (non-hydrogen) atoms. The molecule has 3 aromatic carbocycles. The molecule has 4 aromatic rings. The van der Waals surface area contributed by atoms with Gasteiger partial charge in [-0.05, 0) is 30.3 Å². The van der Waals surface area contributed by atoms with Crippen molar-refractivity contribution < 1.29 is 26.4 Å². The first kappa shape index (κ1) is 25.6. The van der Waals surface area contributed by atoms with Crippen LogP contribution in [0.25, 0.3) is 10.6 Å². The number of carbonyl (C=O) groups is 1. The Morgan fingerprint density at radius 1 is 0.972 bits per heavy atom. The first-order chi connectivity index (χ1) is 17.1. The van der Waals surface area contributed by atoms with Gasteiger partial charge in [-0.15, -0.1) is 10.2 Å². The molecule has 1 heterocycles. The second-order valence-electron chi connectivity index (χ2n) is 7.31. The summed E-state index contributed by atoms with van der Waals surface area (Å²) < 4.78 is 67.7. The number of carbonyl (C=O) groups excluding carboxylic acids is 1. The Hall–Kier alpha value is -3.48. The van der Waals surface area contributed by atoms with Crippen molar-refractivity contribution in [2.24, 2.45) is 0 Å². The van der Waals surface area contributed by atoms with E-state index in [9.17, 15) is 26.4 Å². The van der Waals surface area contributed by atoms with Gasteiger partial charge in [0.15, 0.2) is 0 Å². The number of amides is 1. The maximum absolute atomic E-state index is 13.5. The molecule has 1 aromatic heterocycles. The summed E-state index contributed by atoms with van der Waals surface area (Å²) in [5.74, 6) is -0.825. The average molecular weight is 553 g/mol. The van der Waals surface area contributed by atoms with Gasteiger partial charge in [-0.1, -0.05) is 71.5 Å². The zero-order valence-corrected chi connectivity index (χ0v) is 20.5. The molecule has 0 radical (unpaired) electrons. The van der Waals surface area contributed by atoms with Crippen LogP contribution >= 0.6 is 22.9 Å². The van der Waals surface area contributed by atoms with Crippen LogP contribution in [-0.2, 0) is 21.0 Å². The van der Waals surface area contributed by atoms with Crippen LogP contribution in [0.4, 0.5) is 24.0 Å². The number of aromatic nitrogens is 2. The van der Waals surface area contributed by atoms with Crippen molar-refractivity contribution in [1.29, 1.82) is 0 Å². The fourth-order valence-electron chi connectivity index (χ4n) is 3.18. The van der Waals surface area contributed by atoms with E-state index in [1.807, 2.05) is 18.2 Å². The van der Waals surface area contributed by atoms with E-state index in [0.717, 1.165) is 29.0 Å². The number of anilines is 2. The van der Waals surface area contributed by atoms with Crippen molar-refractivity contribution in [2.75, 3.05) is 16.2 Å². The maximum Gasteiger partial charge on any atom is 0.417 e. The molecule has 0 saturated carbocycles. The summed E-state index contributed by atoms with van der Waals surface area (Å²) in [6.07, 6.45) is -4.84. The molecule has 0 aliphatic rings. The lowest BCUT2D eigenvalue weighted by Gasteiger charge is -2.25. The van der Waals surface area contributed by atoms with E-state index in [2.05, 4.69) is 15.5 Å². The standard InChI is InChI=1S/C23H16ClF3N4O3S2/c24-19-12-11-16(13-18(19)23(25,26)27)31(36(33,34)17-9-5-2-6-10-17)14-20(32)28-22-30-29-21(35-22)15-7-3-1-4-8-15/h1-13H,14H2,(H,28,30,32). The van der Waals surface area contributed by atoms with Crippen molar-refractivity contribution in [3.05, 3.63) is 89.4 Å². The molecule has 186 valence electrons. The Labute approximate surface area is 213 Å². The molecule has 0 bridgehead atoms. The Morgan fingerprint density at radius 3 is 2.25 bits per heavy atom. The highest BCUT2D eigenvalue weighted by Gasteiger charge is 2.35. The average Bonchev–Trinajstić information content (AvgIpc) is 3.32. The zero-order valence-electron chi connectivity index (χ0n) is 18.1. The van der Waals surface area contributed by atoms with E-state index in [4.69, 9.17) is 11.6 Å². The molecule has 0 aliphatic carbocycles. The molecule has 13 heteroatoms. The molecule has 0 spiro atoms. The van der Waals surface area contributed by atoms with Gasteiger partial charge in [-0.2, -0.15) is 13.2 Å². The molecule has 0 atom stereocenters. The molecule has 0 fully saturated rings. The third kappa shape index (κ3) is 5.66. The third-order valence-corrected chi connectivity index (χ3v) is 7.86. The van der Waals surface area contributed by atoms with E-state index in [1.54, 1.807) is 18.2 Å². The van der Waals surface area contributed by atoms with Gasteiger partial charge in [0.2, 0.25) is 11.0 Å². The maximum atomic E-state index is 13.5. The number of hydrogen-bond donors (Lipinski definition) is 1. The van der Waals surface area contributed by atoms with Gasteiger partial charge in [-0.25, -0.2) is 8.42 Å². The molecular formula is C23H16ClF3N4O3S2. The number of benzene rings is 3. The highest BCUT2D eigenvalue weighted by atomic mass is 35.5. The van der Waals surface area contributed by atoms with Gasteiger partial charge >= 0.3 is 6.18 Å². The van der Waals surface area contributed by atoms with Gasteiger partial charge in [0.05, 0.1) is 21.2 Å². The molecule has 1 amide bonds. The summed E-state index contributed by atoms with van der Waals surface area (Å²) in [5, 5.41) is 10.4. The molecule has 4 rings (SSSR count). The number of alkyl halides is 3. The van der Waals surface area contributed by atoms with Gasteiger partial charge in [0.1, 0.15) is 11.6 Å². The van der Waals surface area contributed by atoms with Crippen molar-refractivity contribution in [3.63, 3.8) is 0 Å². The normalized spacial score (nSPS) is 11.8. The highest BCUT2D eigenvalue weighted by Crippen LogP contribution is 2.38. The smallest absolute Gasteiger partial charge is 0.299 e. The van der Waals surface area contributed by atoms with Gasteiger partial charge in [-0.3, -0.25) is 14.4 Å². The van der Waals surface area contributed by atoms with Crippen LogP contribution < -0.4 is 9.62 Å². The van der Waals surface area contributed by atoms with Gasteiger partial charge in [0.25, 0.3) is 10.0 Å². The summed E-state index contributed by atoms with van der Waals surface area (Å²) in [6.45, 7) is -0.823. The Kier molecular flexibility index (Phi) is 7.29. The number of nitrogens with one attached hydrogen (secondary N) is 1. The van der Waals surface area contributed by atoms with Crippen molar-refractivity contribution in [1.82, 2.24) is 10.2 Å². The number of rotatable bonds is 7. The number of nitrogens with zero attached hydrogens (tertiary/aromatic N) is 3. The first-order valence-corrected chi connectivity index (χ1v) is 12.8. The predicted octanol–water partition coefficient (Wildman–Crippen LogP) is 5.71. The van der Waals surface area contributed by atoms with E-state index in [0.29, 0.717) is 15.4 Å². The second-order valence-corrected chi connectivity index (χ2v) is 10.6. The molecule has 0 aliphatic heterocycles. The van der Waals surface area contributed by atoms with E-state index in [-0.39, 0.29) is 15.7 Å². The van der Waals surface area contributed by atoms with Crippen LogP contribution in [0.2, 0.25) is 5.02 Å². The quantitative estimate of drug-likeness (QED) is 0.317. The third-order valence-electron chi connectivity index (χ3n) is 4.85.